The first-order valence-corrected chi connectivity index (χ1v) is 10.6. The molecular formula is C20H35IN4O2. The van der Waals surface area contributed by atoms with Gasteiger partial charge in [0.15, 0.2) is 5.96 Å². The zero-order valence-electron chi connectivity index (χ0n) is 16.6. The van der Waals surface area contributed by atoms with Crippen molar-refractivity contribution in [1.82, 2.24) is 15.1 Å². The monoisotopic (exact) mass is 490 g/mol. The lowest BCUT2D eigenvalue weighted by atomic mass is 9.95. The fourth-order valence-electron chi connectivity index (χ4n) is 4.69. The highest BCUT2D eigenvalue weighted by atomic mass is 127. The summed E-state index contributed by atoms with van der Waals surface area (Å²) in [4.78, 5) is 21.5. The number of halogens is 1. The van der Waals surface area contributed by atoms with Crippen molar-refractivity contribution in [3.63, 3.8) is 0 Å². The van der Waals surface area contributed by atoms with Gasteiger partial charge < -0.3 is 19.9 Å². The minimum absolute atomic E-state index is 0. The van der Waals surface area contributed by atoms with Gasteiger partial charge in [-0.3, -0.25) is 9.79 Å². The number of hydrogen-bond acceptors (Lipinski definition) is 3. The Balaban J connectivity index is 0.00000210. The fourth-order valence-corrected chi connectivity index (χ4v) is 4.69. The highest BCUT2D eigenvalue weighted by Crippen LogP contribution is 2.48. The number of carbonyl (C=O) groups excluding carboxylic acids is 1. The van der Waals surface area contributed by atoms with E-state index in [2.05, 4.69) is 15.2 Å². The molecule has 1 amide bonds. The van der Waals surface area contributed by atoms with E-state index in [1.54, 1.807) is 0 Å². The van der Waals surface area contributed by atoms with Gasteiger partial charge >= 0.3 is 0 Å². The Morgan fingerprint density at radius 1 is 1.00 bits per heavy atom. The molecule has 0 spiro atoms. The van der Waals surface area contributed by atoms with Crippen LogP contribution in [-0.4, -0.2) is 74.7 Å². The summed E-state index contributed by atoms with van der Waals surface area (Å²) in [5, 5.41) is 3.65. The molecule has 4 fully saturated rings. The molecule has 27 heavy (non-hydrogen) atoms. The van der Waals surface area contributed by atoms with Gasteiger partial charge in [-0.05, 0) is 56.3 Å². The molecule has 2 saturated heterocycles. The Bertz CT molecular complexity index is 510. The Morgan fingerprint density at radius 3 is 2.11 bits per heavy atom. The number of nitrogens with zero attached hydrogens (tertiary/aromatic N) is 3. The van der Waals surface area contributed by atoms with Gasteiger partial charge in [-0.2, -0.15) is 0 Å². The molecule has 0 unspecified atom stereocenters. The molecule has 4 rings (SSSR count). The second-order valence-electron chi connectivity index (χ2n) is 8.47. The molecule has 1 N–H and O–H groups in total. The third-order valence-corrected chi connectivity index (χ3v) is 6.63. The molecule has 2 saturated carbocycles. The van der Waals surface area contributed by atoms with E-state index in [0.717, 1.165) is 69.3 Å². The van der Waals surface area contributed by atoms with Gasteiger partial charge in [-0.25, -0.2) is 0 Å². The van der Waals surface area contributed by atoms with E-state index < -0.39 is 0 Å². The number of piperidine rings is 1. The van der Waals surface area contributed by atoms with Crippen LogP contribution in [0.15, 0.2) is 4.99 Å². The molecule has 6 nitrogen and oxygen atoms in total. The molecule has 0 radical (unpaired) electrons. The summed E-state index contributed by atoms with van der Waals surface area (Å²) < 4.78 is 5.36. The second-order valence-corrected chi connectivity index (χ2v) is 8.47. The summed E-state index contributed by atoms with van der Waals surface area (Å²) >= 11 is 0. The van der Waals surface area contributed by atoms with Crippen LogP contribution in [0.5, 0.6) is 0 Å². The van der Waals surface area contributed by atoms with E-state index in [-0.39, 0.29) is 29.9 Å². The average molecular weight is 490 g/mol. The van der Waals surface area contributed by atoms with Gasteiger partial charge in [0.25, 0.3) is 0 Å². The van der Waals surface area contributed by atoms with Crippen LogP contribution >= 0.6 is 24.0 Å². The van der Waals surface area contributed by atoms with Crippen molar-refractivity contribution in [3.8, 4) is 0 Å². The van der Waals surface area contributed by atoms with Gasteiger partial charge in [0.2, 0.25) is 5.91 Å². The molecule has 2 aliphatic carbocycles. The topological polar surface area (TPSA) is 57.2 Å². The van der Waals surface area contributed by atoms with E-state index in [1.165, 1.54) is 25.7 Å². The van der Waals surface area contributed by atoms with Crippen LogP contribution in [0.3, 0.4) is 0 Å². The quantitative estimate of drug-likeness (QED) is 0.365. The largest absolute Gasteiger partial charge is 0.378 e. The smallest absolute Gasteiger partial charge is 0.225 e. The lowest BCUT2D eigenvalue weighted by Crippen LogP contribution is -2.50. The predicted octanol–water partition coefficient (Wildman–Crippen LogP) is 2.19. The van der Waals surface area contributed by atoms with Crippen molar-refractivity contribution in [3.05, 3.63) is 0 Å². The number of nitrogens with one attached hydrogen (secondary N) is 1. The molecular weight excluding hydrogens is 455 g/mol. The van der Waals surface area contributed by atoms with Gasteiger partial charge in [-0.15, -0.1) is 24.0 Å². The first kappa shape index (κ1) is 21.1. The maximum Gasteiger partial charge on any atom is 0.225 e. The first-order chi connectivity index (χ1) is 12.8. The Morgan fingerprint density at radius 2 is 1.59 bits per heavy atom. The van der Waals surface area contributed by atoms with Crippen molar-refractivity contribution in [2.24, 2.45) is 28.7 Å². The van der Waals surface area contributed by atoms with Crippen molar-refractivity contribution < 1.29 is 9.53 Å². The zero-order valence-corrected chi connectivity index (χ0v) is 18.9. The predicted molar refractivity (Wildman–Crippen MR) is 117 cm³/mol. The van der Waals surface area contributed by atoms with Crippen LogP contribution < -0.4 is 5.32 Å². The number of likely N-dealkylation sites (tertiary alicyclic amines) is 1. The van der Waals surface area contributed by atoms with Crippen LogP contribution in [0.25, 0.3) is 0 Å². The highest BCUT2D eigenvalue weighted by Gasteiger charge is 2.41. The Hall–Kier alpha value is -0.570. The molecule has 0 aromatic rings. The highest BCUT2D eigenvalue weighted by molar-refractivity contribution is 14.0. The summed E-state index contributed by atoms with van der Waals surface area (Å²) in [5.41, 5.74) is 0. The number of morpholine rings is 1. The maximum atomic E-state index is 12.7. The van der Waals surface area contributed by atoms with Crippen LogP contribution in [-0.2, 0) is 9.53 Å². The van der Waals surface area contributed by atoms with E-state index >= 15 is 0 Å². The third kappa shape index (κ3) is 5.49. The number of amides is 1. The first-order valence-electron chi connectivity index (χ1n) is 10.6. The van der Waals surface area contributed by atoms with Crippen molar-refractivity contribution in [2.75, 3.05) is 53.0 Å². The standard InChI is InChI=1S/C20H34N4O2.HI/c1-21-20(22-14-18(15-2-3-15)16-4-5-16)24-8-6-17(7-9-24)19(25)23-10-12-26-13-11-23;/h15-18H,2-14H2,1H3,(H,21,22);1H. The molecule has 154 valence electrons. The van der Waals surface area contributed by atoms with Crippen molar-refractivity contribution in [1.29, 1.82) is 0 Å². The normalized spacial score (nSPS) is 24.7. The minimum Gasteiger partial charge on any atom is -0.378 e. The number of aliphatic imine (C=N–C) groups is 1. The van der Waals surface area contributed by atoms with Gasteiger partial charge in [0.05, 0.1) is 13.2 Å². The van der Waals surface area contributed by atoms with E-state index in [0.29, 0.717) is 19.1 Å². The lowest BCUT2D eigenvalue weighted by molar-refractivity contribution is -0.140. The van der Waals surface area contributed by atoms with Crippen LogP contribution in [0.1, 0.15) is 38.5 Å². The van der Waals surface area contributed by atoms with Gasteiger partial charge in [0.1, 0.15) is 0 Å². The SMILES string of the molecule is CN=C(NCC(C1CC1)C1CC1)N1CCC(C(=O)N2CCOCC2)CC1.I. The van der Waals surface area contributed by atoms with Gasteiger partial charge in [-0.1, -0.05) is 0 Å². The molecule has 4 aliphatic rings. The zero-order chi connectivity index (χ0) is 17.9. The number of guanidine groups is 1. The van der Waals surface area contributed by atoms with E-state index in [4.69, 9.17) is 4.74 Å². The number of hydrogen-bond donors (Lipinski definition) is 1. The minimum atomic E-state index is 0. The van der Waals surface area contributed by atoms with Crippen LogP contribution in [0, 0.1) is 23.7 Å². The molecule has 0 aromatic carbocycles. The second kappa shape index (κ2) is 9.76. The molecule has 2 heterocycles. The van der Waals surface area contributed by atoms with E-state index in [9.17, 15) is 4.79 Å². The molecule has 2 aliphatic heterocycles. The van der Waals surface area contributed by atoms with Crippen LogP contribution in [0.2, 0.25) is 0 Å². The van der Waals surface area contributed by atoms with Gasteiger partial charge in [0, 0.05) is 45.7 Å². The van der Waals surface area contributed by atoms with E-state index in [1.807, 2.05) is 11.9 Å². The third-order valence-electron chi connectivity index (χ3n) is 6.63. The summed E-state index contributed by atoms with van der Waals surface area (Å²) in [7, 11) is 1.89. The summed E-state index contributed by atoms with van der Waals surface area (Å²) in [6.07, 6.45) is 7.58. The fraction of sp³-hybridized carbons (Fsp3) is 0.900. The molecule has 7 heteroatoms. The average Bonchev–Trinajstić information content (AvgIpc) is 3.60. The summed E-state index contributed by atoms with van der Waals surface area (Å²) in [5.74, 6) is 4.32. The lowest BCUT2D eigenvalue weighted by Gasteiger charge is -2.37. The molecule has 0 atom stereocenters. The van der Waals surface area contributed by atoms with Crippen molar-refractivity contribution >= 4 is 35.8 Å². The number of ether oxygens (including phenoxy) is 1. The van der Waals surface area contributed by atoms with Crippen LogP contribution in [0.4, 0.5) is 0 Å². The number of rotatable bonds is 5. The summed E-state index contributed by atoms with van der Waals surface area (Å²) in [6.45, 7) is 5.82. The number of carbonyl (C=O) groups is 1. The molecule has 0 bridgehead atoms. The van der Waals surface area contributed by atoms with Crippen molar-refractivity contribution in [2.45, 2.75) is 38.5 Å². The summed E-state index contributed by atoms with van der Waals surface area (Å²) in [6, 6.07) is 0. The Labute approximate surface area is 180 Å². The Kier molecular flexibility index (Phi) is 7.65. The molecule has 0 aromatic heterocycles. The maximum absolute atomic E-state index is 12.7.